The molecule has 0 aromatic heterocycles. The van der Waals surface area contributed by atoms with Crippen molar-refractivity contribution in [3.63, 3.8) is 0 Å². The van der Waals surface area contributed by atoms with Crippen LogP contribution in [0, 0.1) is 0 Å². The molecular formula is C11H18O3. The predicted octanol–water partition coefficient (Wildman–Crippen LogP) is 2.26. The van der Waals surface area contributed by atoms with Crippen LogP contribution in [0.4, 0.5) is 0 Å². The topological polar surface area (TPSA) is 43.4 Å². The third-order valence-corrected chi connectivity index (χ3v) is 1.63. The number of hydrogen-bond acceptors (Lipinski definition) is 3. The van der Waals surface area contributed by atoms with E-state index in [1.54, 1.807) is 0 Å². The largest absolute Gasteiger partial charge is 0.465 e. The van der Waals surface area contributed by atoms with E-state index in [9.17, 15) is 9.59 Å². The average molecular weight is 198 g/mol. The summed E-state index contributed by atoms with van der Waals surface area (Å²) in [5.41, 5.74) is 0. The Hall–Kier alpha value is -1.12. The number of ketones is 1. The predicted molar refractivity (Wildman–Crippen MR) is 54.9 cm³/mol. The second kappa shape index (κ2) is 8.48. The summed E-state index contributed by atoms with van der Waals surface area (Å²) in [6.45, 7) is 3.93. The fourth-order valence-corrected chi connectivity index (χ4v) is 0.876. The van der Waals surface area contributed by atoms with Gasteiger partial charge in [0.1, 0.15) is 5.78 Å². The second-order valence-electron chi connectivity index (χ2n) is 3.09. The molecule has 0 heterocycles. The van der Waals surface area contributed by atoms with Crippen molar-refractivity contribution in [3.05, 3.63) is 12.2 Å². The lowest BCUT2D eigenvalue weighted by Gasteiger charge is -2.01. The van der Waals surface area contributed by atoms with E-state index in [-0.39, 0.29) is 24.6 Å². The molecule has 3 nitrogen and oxygen atoms in total. The first kappa shape index (κ1) is 12.9. The number of rotatable bonds is 7. The van der Waals surface area contributed by atoms with Gasteiger partial charge in [0, 0.05) is 6.42 Å². The molecule has 0 spiro atoms. The molecule has 0 aromatic rings. The van der Waals surface area contributed by atoms with Crippen molar-refractivity contribution in [2.75, 3.05) is 6.61 Å². The van der Waals surface area contributed by atoms with Gasteiger partial charge < -0.3 is 9.53 Å². The van der Waals surface area contributed by atoms with E-state index in [4.69, 9.17) is 4.74 Å². The Morgan fingerprint density at radius 3 is 2.50 bits per heavy atom. The van der Waals surface area contributed by atoms with E-state index in [1.807, 2.05) is 12.2 Å². The average Bonchev–Trinajstić information content (AvgIpc) is 2.14. The smallest absolute Gasteiger partial charge is 0.306 e. The molecule has 14 heavy (non-hydrogen) atoms. The summed E-state index contributed by atoms with van der Waals surface area (Å²) < 4.78 is 4.90. The fraction of sp³-hybridized carbons (Fsp3) is 0.636. The third-order valence-electron chi connectivity index (χ3n) is 1.63. The number of carbonyl (C=O) groups is 2. The molecule has 0 bridgehead atoms. The zero-order valence-corrected chi connectivity index (χ0v) is 8.91. The van der Waals surface area contributed by atoms with Gasteiger partial charge in [0.05, 0.1) is 13.0 Å². The van der Waals surface area contributed by atoms with Crippen LogP contribution in [0.5, 0.6) is 0 Å². The summed E-state index contributed by atoms with van der Waals surface area (Å²) in [7, 11) is 0. The fourth-order valence-electron chi connectivity index (χ4n) is 0.876. The van der Waals surface area contributed by atoms with Crippen LogP contribution >= 0.6 is 0 Å². The standard InChI is InChI=1S/C11H18O3/c1-3-4-5-6-9-14-11(13)8-7-10(2)12/h4-5H,3,6-9H2,1-2H3. The highest BCUT2D eigenvalue weighted by atomic mass is 16.5. The number of allylic oxidation sites excluding steroid dienone is 1. The molecule has 0 unspecified atom stereocenters. The minimum absolute atomic E-state index is 0.0211. The summed E-state index contributed by atoms with van der Waals surface area (Å²) >= 11 is 0. The lowest BCUT2D eigenvalue weighted by Crippen LogP contribution is -2.06. The van der Waals surface area contributed by atoms with Gasteiger partial charge in [0.15, 0.2) is 0 Å². The van der Waals surface area contributed by atoms with E-state index >= 15 is 0 Å². The monoisotopic (exact) mass is 198 g/mol. The van der Waals surface area contributed by atoms with E-state index in [0.29, 0.717) is 6.61 Å². The lowest BCUT2D eigenvalue weighted by atomic mass is 10.2. The minimum Gasteiger partial charge on any atom is -0.465 e. The Labute approximate surface area is 85.1 Å². The first-order valence-corrected chi connectivity index (χ1v) is 4.97. The van der Waals surface area contributed by atoms with Crippen molar-refractivity contribution in [1.29, 1.82) is 0 Å². The van der Waals surface area contributed by atoms with Crippen LogP contribution in [0.3, 0.4) is 0 Å². The molecule has 0 saturated carbocycles. The van der Waals surface area contributed by atoms with Crippen LogP contribution in [0.2, 0.25) is 0 Å². The molecule has 0 amide bonds. The molecule has 80 valence electrons. The summed E-state index contributed by atoms with van der Waals surface area (Å²) in [5, 5.41) is 0. The quantitative estimate of drug-likeness (QED) is 0.358. The molecule has 0 radical (unpaired) electrons. The maximum atomic E-state index is 11.0. The van der Waals surface area contributed by atoms with Crippen molar-refractivity contribution in [3.8, 4) is 0 Å². The molecule has 0 rings (SSSR count). The van der Waals surface area contributed by atoms with Crippen LogP contribution in [0.25, 0.3) is 0 Å². The lowest BCUT2D eigenvalue weighted by molar-refractivity contribution is -0.144. The number of ether oxygens (including phenoxy) is 1. The Bertz CT molecular complexity index is 207. The SMILES string of the molecule is CCC=CCCOC(=O)CCC(C)=O. The zero-order chi connectivity index (χ0) is 10.8. The number of Topliss-reactive ketones (excluding diaryl/α,β-unsaturated/α-hetero) is 1. The third kappa shape index (κ3) is 8.97. The van der Waals surface area contributed by atoms with Crippen LogP contribution in [0.15, 0.2) is 12.2 Å². The number of hydrogen-bond donors (Lipinski definition) is 0. The molecule has 0 saturated heterocycles. The molecule has 0 atom stereocenters. The van der Waals surface area contributed by atoms with Gasteiger partial charge in [-0.2, -0.15) is 0 Å². The molecule has 0 aliphatic rings. The van der Waals surface area contributed by atoms with E-state index < -0.39 is 0 Å². The van der Waals surface area contributed by atoms with Crippen molar-refractivity contribution in [2.45, 2.75) is 39.5 Å². The molecule has 3 heteroatoms. The molecule has 0 N–H and O–H groups in total. The Balaban J connectivity index is 3.35. The summed E-state index contributed by atoms with van der Waals surface area (Å²) in [6.07, 6.45) is 6.25. The summed E-state index contributed by atoms with van der Waals surface area (Å²) in [4.78, 5) is 21.5. The zero-order valence-electron chi connectivity index (χ0n) is 8.91. The Morgan fingerprint density at radius 2 is 1.93 bits per heavy atom. The highest BCUT2D eigenvalue weighted by Crippen LogP contribution is 1.95. The van der Waals surface area contributed by atoms with Crippen LogP contribution < -0.4 is 0 Å². The Morgan fingerprint density at radius 1 is 1.21 bits per heavy atom. The van der Waals surface area contributed by atoms with Gasteiger partial charge in [-0.1, -0.05) is 19.1 Å². The van der Waals surface area contributed by atoms with Gasteiger partial charge in [-0.15, -0.1) is 0 Å². The van der Waals surface area contributed by atoms with E-state index in [1.165, 1.54) is 6.92 Å². The first-order chi connectivity index (χ1) is 6.66. The maximum Gasteiger partial charge on any atom is 0.306 e. The van der Waals surface area contributed by atoms with Gasteiger partial charge in [-0.25, -0.2) is 0 Å². The van der Waals surface area contributed by atoms with Crippen LogP contribution in [-0.4, -0.2) is 18.4 Å². The van der Waals surface area contributed by atoms with Gasteiger partial charge in [-0.05, 0) is 19.8 Å². The summed E-state index contributed by atoms with van der Waals surface area (Å²) in [6, 6.07) is 0. The molecule has 0 fully saturated rings. The van der Waals surface area contributed by atoms with Gasteiger partial charge in [0.2, 0.25) is 0 Å². The van der Waals surface area contributed by atoms with Gasteiger partial charge in [0.25, 0.3) is 0 Å². The first-order valence-electron chi connectivity index (χ1n) is 4.97. The van der Waals surface area contributed by atoms with Crippen molar-refractivity contribution in [1.82, 2.24) is 0 Å². The minimum atomic E-state index is -0.287. The number of carbonyl (C=O) groups excluding carboxylic acids is 2. The van der Waals surface area contributed by atoms with Crippen molar-refractivity contribution >= 4 is 11.8 Å². The van der Waals surface area contributed by atoms with Crippen LogP contribution in [0.1, 0.15) is 39.5 Å². The molecular weight excluding hydrogens is 180 g/mol. The van der Waals surface area contributed by atoms with E-state index in [0.717, 1.165) is 12.8 Å². The van der Waals surface area contributed by atoms with Crippen molar-refractivity contribution < 1.29 is 14.3 Å². The molecule has 0 aliphatic carbocycles. The van der Waals surface area contributed by atoms with Crippen LogP contribution in [-0.2, 0) is 14.3 Å². The van der Waals surface area contributed by atoms with Gasteiger partial charge in [-0.3, -0.25) is 4.79 Å². The Kier molecular flexibility index (Phi) is 7.80. The van der Waals surface area contributed by atoms with Crippen molar-refractivity contribution in [2.24, 2.45) is 0 Å². The molecule has 0 aliphatic heterocycles. The summed E-state index contributed by atoms with van der Waals surface area (Å²) in [5.74, 6) is -0.266. The number of esters is 1. The maximum absolute atomic E-state index is 11.0. The van der Waals surface area contributed by atoms with Gasteiger partial charge >= 0.3 is 5.97 Å². The second-order valence-corrected chi connectivity index (χ2v) is 3.09. The normalized spacial score (nSPS) is 10.4. The highest BCUT2D eigenvalue weighted by molar-refractivity contribution is 5.80. The molecule has 0 aromatic carbocycles. The van der Waals surface area contributed by atoms with E-state index in [2.05, 4.69) is 6.92 Å². The highest BCUT2D eigenvalue weighted by Gasteiger charge is 2.03.